The van der Waals surface area contributed by atoms with E-state index in [-0.39, 0.29) is 5.91 Å². The van der Waals surface area contributed by atoms with E-state index in [0.29, 0.717) is 17.3 Å². The fraction of sp³-hybridized carbons (Fsp3) is 0.462. The van der Waals surface area contributed by atoms with Crippen LogP contribution in [-0.4, -0.2) is 37.0 Å². The second kappa shape index (κ2) is 5.19. The number of nitrogens with two attached hydrogens (primary N) is 1. The Kier molecular flexibility index (Phi) is 3.64. The molecular formula is C13H19N3O. The maximum Gasteiger partial charge on any atom is 0.253 e. The predicted octanol–water partition coefficient (Wildman–Crippen LogP) is 1.09. The highest BCUT2D eigenvalue weighted by molar-refractivity contribution is 5.94. The molecule has 17 heavy (non-hydrogen) atoms. The maximum atomic E-state index is 12.2. The number of carbonyl (C=O) groups is 1. The number of carbonyl (C=O) groups excluding carboxylic acids is 1. The molecule has 0 atom stereocenters. The van der Waals surface area contributed by atoms with Crippen LogP contribution in [0.4, 0.5) is 5.69 Å². The number of rotatable bonds is 2. The number of nitrogens with zero attached hydrogens (tertiary/aromatic N) is 1. The van der Waals surface area contributed by atoms with Gasteiger partial charge in [-0.3, -0.25) is 4.79 Å². The third-order valence-electron chi connectivity index (χ3n) is 3.33. The summed E-state index contributed by atoms with van der Waals surface area (Å²) in [6.07, 6.45) is 2.05. The summed E-state index contributed by atoms with van der Waals surface area (Å²) in [7, 11) is 1.88. The van der Waals surface area contributed by atoms with Gasteiger partial charge in [0.25, 0.3) is 5.91 Å². The Morgan fingerprint density at radius 1 is 1.29 bits per heavy atom. The number of nitrogen functional groups attached to an aromatic ring is 1. The highest BCUT2D eigenvalue weighted by atomic mass is 16.2. The summed E-state index contributed by atoms with van der Waals surface area (Å²) in [6, 6.07) is 7.46. The van der Waals surface area contributed by atoms with E-state index in [2.05, 4.69) is 5.32 Å². The van der Waals surface area contributed by atoms with Crippen molar-refractivity contribution >= 4 is 11.6 Å². The normalized spacial score (nSPS) is 16.8. The van der Waals surface area contributed by atoms with Gasteiger partial charge in [-0.25, -0.2) is 0 Å². The van der Waals surface area contributed by atoms with Crippen LogP contribution in [0.5, 0.6) is 0 Å². The number of nitrogens with one attached hydrogen (secondary N) is 1. The minimum absolute atomic E-state index is 0.0805. The summed E-state index contributed by atoms with van der Waals surface area (Å²) in [4.78, 5) is 14.1. The lowest BCUT2D eigenvalue weighted by molar-refractivity contribution is 0.0703. The molecule has 0 bridgehead atoms. The molecule has 1 aromatic rings. The smallest absolute Gasteiger partial charge is 0.253 e. The fourth-order valence-electron chi connectivity index (χ4n) is 2.19. The molecule has 4 heteroatoms. The topological polar surface area (TPSA) is 58.4 Å². The quantitative estimate of drug-likeness (QED) is 0.752. The Hall–Kier alpha value is -1.55. The summed E-state index contributed by atoms with van der Waals surface area (Å²) >= 11 is 0. The molecule has 0 spiro atoms. The molecule has 1 heterocycles. The Labute approximate surface area is 102 Å². The average molecular weight is 233 g/mol. The van der Waals surface area contributed by atoms with E-state index in [4.69, 9.17) is 5.73 Å². The number of anilines is 1. The van der Waals surface area contributed by atoms with Gasteiger partial charge in [0.05, 0.1) is 0 Å². The Morgan fingerprint density at radius 2 is 1.88 bits per heavy atom. The molecule has 1 fully saturated rings. The van der Waals surface area contributed by atoms with E-state index in [9.17, 15) is 4.79 Å². The molecular weight excluding hydrogens is 214 g/mol. The van der Waals surface area contributed by atoms with Crippen molar-refractivity contribution < 1.29 is 4.79 Å². The first-order valence-corrected chi connectivity index (χ1v) is 6.02. The lowest BCUT2D eigenvalue weighted by atomic mass is 10.0. The zero-order valence-electron chi connectivity index (χ0n) is 10.1. The Balaban J connectivity index is 2.05. The van der Waals surface area contributed by atoms with E-state index in [1.54, 1.807) is 24.3 Å². The van der Waals surface area contributed by atoms with Crippen LogP contribution in [0.3, 0.4) is 0 Å². The van der Waals surface area contributed by atoms with Crippen LogP contribution in [0, 0.1) is 0 Å². The molecule has 2 rings (SSSR count). The third kappa shape index (κ3) is 2.77. The molecule has 1 saturated heterocycles. The number of amides is 1. The van der Waals surface area contributed by atoms with Crippen LogP contribution in [0.2, 0.25) is 0 Å². The second-order valence-electron chi connectivity index (χ2n) is 4.52. The highest BCUT2D eigenvalue weighted by Gasteiger charge is 2.22. The van der Waals surface area contributed by atoms with Gasteiger partial charge in [-0.15, -0.1) is 0 Å². The SMILES string of the molecule is CN(C(=O)c1ccc(N)cc1)C1CCNCC1. The van der Waals surface area contributed by atoms with Gasteiger partial charge < -0.3 is 16.0 Å². The van der Waals surface area contributed by atoms with E-state index in [0.717, 1.165) is 25.9 Å². The molecule has 1 amide bonds. The fourth-order valence-corrected chi connectivity index (χ4v) is 2.19. The monoisotopic (exact) mass is 233 g/mol. The average Bonchev–Trinajstić information content (AvgIpc) is 2.39. The minimum atomic E-state index is 0.0805. The zero-order chi connectivity index (χ0) is 12.3. The number of piperidine rings is 1. The summed E-state index contributed by atoms with van der Waals surface area (Å²) in [6.45, 7) is 1.98. The first-order chi connectivity index (χ1) is 8.18. The van der Waals surface area contributed by atoms with Crippen molar-refractivity contribution in [3.05, 3.63) is 29.8 Å². The number of hydrogen-bond donors (Lipinski definition) is 2. The lowest BCUT2D eigenvalue weighted by Gasteiger charge is -2.31. The minimum Gasteiger partial charge on any atom is -0.399 e. The maximum absolute atomic E-state index is 12.2. The molecule has 4 nitrogen and oxygen atoms in total. The van der Waals surface area contributed by atoms with Crippen LogP contribution in [-0.2, 0) is 0 Å². The molecule has 1 aliphatic rings. The molecule has 0 aromatic heterocycles. The largest absolute Gasteiger partial charge is 0.399 e. The molecule has 0 radical (unpaired) electrons. The molecule has 3 N–H and O–H groups in total. The van der Waals surface area contributed by atoms with Gasteiger partial charge in [0.15, 0.2) is 0 Å². The van der Waals surface area contributed by atoms with E-state index in [1.165, 1.54) is 0 Å². The van der Waals surface area contributed by atoms with Crippen LogP contribution in [0.25, 0.3) is 0 Å². The molecule has 92 valence electrons. The van der Waals surface area contributed by atoms with Crippen molar-refractivity contribution in [2.24, 2.45) is 0 Å². The van der Waals surface area contributed by atoms with Gasteiger partial charge in [-0.2, -0.15) is 0 Å². The van der Waals surface area contributed by atoms with E-state index in [1.807, 2.05) is 11.9 Å². The third-order valence-corrected chi connectivity index (χ3v) is 3.33. The van der Waals surface area contributed by atoms with Crippen LogP contribution < -0.4 is 11.1 Å². The van der Waals surface area contributed by atoms with Gasteiger partial charge in [0.2, 0.25) is 0 Å². The van der Waals surface area contributed by atoms with Crippen molar-refractivity contribution in [3.8, 4) is 0 Å². The van der Waals surface area contributed by atoms with Crippen molar-refractivity contribution in [2.45, 2.75) is 18.9 Å². The predicted molar refractivity (Wildman–Crippen MR) is 68.8 cm³/mol. The van der Waals surface area contributed by atoms with Crippen molar-refractivity contribution in [2.75, 3.05) is 25.9 Å². The lowest BCUT2D eigenvalue weighted by Crippen LogP contribution is -2.43. The standard InChI is InChI=1S/C13H19N3O/c1-16(12-6-8-15-9-7-12)13(17)10-2-4-11(14)5-3-10/h2-5,12,15H,6-9,14H2,1H3. The van der Waals surface area contributed by atoms with Crippen molar-refractivity contribution in [1.29, 1.82) is 0 Å². The Bertz CT molecular complexity index is 382. The molecule has 0 saturated carbocycles. The van der Waals surface area contributed by atoms with Gasteiger partial charge in [-0.1, -0.05) is 0 Å². The second-order valence-corrected chi connectivity index (χ2v) is 4.52. The summed E-state index contributed by atoms with van der Waals surface area (Å²) < 4.78 is 0. The van der Waals surface area contributed by atoms with Gasteiger partial charge in [-0.05, 0) is 50.2 Å². The van der Waals surface area contributed by atoms with Gasteiger partial charge >= 0.3 is 0 Å². The first kappa shape index (κ1) is 11.9. The van der Waals surface area contributed by atoms with Crippen molar-refractivity contribution in [3.63, 3.8) is 0 Å². The molecule has 0 aliphatic carbocycles. The van der Waals surface area contributed by atoms with E-state index < -0.39 is 0 Å². The van der Waals surface area contributed by atoms with Crippen LogP contribution >= 0.6 is 0 Å². The van der Waals surface area contributed by atoms with Gasteiger partial charge in [0.1, 0.15) is 0 Å². The summed E-state index contributed by atoms with van der Waals surface area (Å²) in [5.74, 6) is 0.0805. The van der Waals surface area contributed by atoms with E-state index >= 15 is 0 Å². The zero-order valence-corrected chi connectivity index (χ0v) is 10.1. The number of hydrogen-bond acceptors (Lipinski definition) is 3. The first-order valence-electron chi connectivity index (χ1n) is 6.02. The molecule has 1 aromatic carbocycles. The van der Waals surface area contributed by atoms with Crippen LogP contribution in [0.1, 0.15) is 23.2 Å². The summed E-state index contributed by atoms with van der Waals surface area (Å²) in [5.41, 5.74) is 7.01. The molecule has 1 aliphatic heterocycles. The highest BCUT2D eigenvalue weighted by Crippen LogP contribution is 2.14. The van der Waals surface area contributed by atoms with Gasteiger partial charge in [0, 0.05) is 24.3 Å². The Morgan fingerprint density at radius 3 is 2.47 bits per heavy atom. The number of benzene rings is 1. The van der Waals surface area contributed by atoms with Crippen LogP contribution in [0.15, 0.2) is 24.3 Å². The molecule has 0 unspecified atom stereocenters. The van der Waals surface area contributed by atoms with Crippen molar-refractivity contribution in [1.82, 2.24) is 10.2 Å². The summed E-state index contributed by atoms with van der Waals surface area (Å²) in [5, 5.41) is 3.30.